The van der Waals surface area contributed by atoms with E-state index in [4.69, 9.17) is 5.11 Å². The van der Waals surface area contributed by atoms with E-state index in [0.717, 1.165) is 17.1 Å². The number of nitrogens with zero attached hydrogens (tertiary/aromatic N) is 1. The van der Waals surface area contributed by atoms with Gasteiger partial charge in [-0.05, 0) is 21.7 Å². The molecule has 0 amide bonds. The van der Waals surface area contributed by atoms with Crippen molar-refractivity contribution in [1.29, 1.82) is 0 Å². The Morgan fingerprint density at radius 1 is 1.83 bits per heavy atom. The Bertz CT molecular complexity index is 300. The summed E-state index contributed by atoms with van der Waals surface area (Å²) < 4.78 is 0.621. The van der Waals surface area contributed by atoms with Gasteiger partial charge in [0.15, 0.2) is 3.92 Å². The van der Waals surface area contributed by atoms with Crippen molar-refractivity contribution in [3.05, 3.63) is 8.79 Å². The minimum Gasteiger partial charge on any atom is -0.477 e. The van der Waals surface area contributed by atoms with Crippen LogP contribution in [0.1, 0.15) is 16.6 Å². The zero-order chi connectivity index (χ0) is 9.14. The molecule has 0 radical (unpaired) electrons. The van der Waals surface area contributed by atoms with Gasteiger partial charge in [-0.25, -0.2) is 9.78 Å². The number of carboxylic acid groups (broad SMARTS) is 1. The van der Waals surface area contributed by atoms with E-state index in [1.165, 1.54) is 11.8 Å². The second-order valence-corrected chi connectivity index (χ2v) is 5.37. The summed E-state index contributed by atoms with van der Waals surface area (Å²) in [6.07, 6.45) is 0. The molecule has 0 aliphatic heterocycles. The fraction of sp³-hybridized carbons (Fsp3) is 0.333. The summed E-state index contributed by atoms with van der Waals surface area (Å²) in [5.41, 5.74) is 0. The Balaban J connectivity index is 2.99. The molecule has 0 aromatic carbocycles. The molecule has 0 aliphatic rings. The quantitative estimate of drug-likeness (QED) is 0.856. The summed E-state index contributed by atoms with van der Waals surface area (Å²) in [4.78, 5) is 15.0. The molecule has 66 valence electrons. The molecule has 12 heavy (non-hydrogen) atoms. The van der Waals surface area contributed by atoms with Gasteiger partial charge in [-0.1, -0.05) is 18.3 Å². The van der Waals surface area contributed by atoms with Crippen LogP contribution in [0.4, 0.5) is 0 Å². The molecule has 1 rings (SSSR count). The summed E-state index contributed by atoms with van der Waals surface area (Å²) in [5.74, 6) is -0.0784. The van der Waals surface area contributed by atoms with Gasteiger partial charge in [0.25, 0.3) is 0 Å². The molecule has 0 saturated heterocycles. The topological polar surface area (TPSA) is 50.2 Å². The standard InChI is InChI=1S/C6H6BrNO2S2/c1-2-11-4-3(5(9)10)12-6(7)8-4/h2H2,1H3,(H,9,10). The van der Waals surface area contributed by atoms with Crippen LogP contribution in [-0.2, 0) is 0 Å². The summed E-state index contributed by atoms with van der Waals surface area (Å²) >= 11 is 5.74. The molecule has 1 aromatic heterocycles. The predicted molar refractivity (Wildman–Crippen MR) is 53.2 cm³/mol. The molecule has 0 bridgehead atoms. The van der Waals surface area contributed by atoms with Crippen molar-refractivity contribution in [3.63, 3.8) is 0 Å². The number of thioether (sulfide) groups is 1. The van der Waals surface area contributed by atoms with E-state index in [0.29, 0.717) is 13.8 Å². The van der Waals surface area contributed by atoms with Gasteiger partial charge in [0.2, 0.25) is 0 Å². The van der Waals surface area contributed by atoms with Crippen molar-refractivity contribution in [2.45, 2.75) is 11.9 Å². The van der Waals surface area contributed by atoms with E-state index < -0.39 is 5.97 Å². The van der Waals surface area contributed by atoms with Crippen LogP contribution in [-0.4, -0.2) is 21.8 Å². The van der Waals surface area contributed by atoms with Gasteiger partial charge in [-0.15, -0.1) is 11.8 Å². The monoisotopic (exact) mass is 267 g/mol. The lowest BCUT2D eigenvalue weighted by Crippen LogP contribution is -1.94. The number of carboxylic acids is 1. The van der Waals surface area contributed by atoms with E-state index in [-0.39, 0.29) is 0 Å². The molecule has 0 atom stereocenters. The van der Waals surface area contributed by atoms with Crippen molar-refractivity contribution >= 4 is 45.0 Å². The number of rotatable bonds is 3. The molecule has 1 aromatic rings. The fourth-order valence-electron chi connectivity index (χ4n) is 0.651. The summed E-state index contributed by atoms with van der Waals surface area (Å²) in [5, 5.41) is 9.34. The molecule has 3 nitrogen and oxygen atoms in total. The molecule has 0 spiro atoms. The molecule has 1 N–H and O–H groups in total. The molecule has 6 heteroatoms. The third-order valence-corrected chi connectivity index (χ3v) is 3.53. The molecular formula is C6H6BrNO2S2. The summed E-state index contributed by atoms with van der Waals surface area (Å²) in [6.45, 7) is 1.96. The minimum absolute atomic E-state index is 0.314. The maximum atomic E-state index is 10.6. The van der Waals surface area contributed by atoms with Gasteiger partial charge in [-0.2, -0.15) is 0 Å². The Hall–Kier alpha value is -0.0700. The number of aromatic nitrogens is 1. The largest absolute Gasteiger partial charge is 0.477 e. The van der Waals surface area contributed by atoms with Crippen molar-refractivity contribution < 1.29 is 9.90 Å². The van der Waals surface area contributed by atoms with Crippen molar-refractivity contribution in [2.75, 3.05) is 5.75 Å². The van der Waals surface area contributed by atoms with E-state index in [1.54, 1.807) is 0 Å². The SMILES string of the molecule is CCSc1nc(Br)sc1C(=O)O. The van der Waals surface area contributed by atoms with Crippen LogP contribution in [0.5, 0.6) is 0 Å². The highest BCUT2D eigenvalue weighted by Crippen LogP contribution is 2.30. The van der Waals surface area contributed by atoms with E-state index in [9.17, 15) is 4.79 Å². The van der Waals surface area contributed by atoms with Crippen LogP contribution < -0.4 is 0 Å². The molecular weight excluding hydrogens is 262 g/mol. The van der Waals surface area contributed by atoms with Crippen molar-refractivity contribution in [1.82, 2.24) is 4.98 Å². The highest BCUT2D eigenvalue weighted by atomic mass is 79.9. The van der Waals surface area contributed by atoms with Crippen LogP contribution in [0.3, 0.4) is 0 Å². The first-order valence-corrected chi connectivity index (χ1v) is 5.77. The van der Waals surface area contributed by atoms with Crippen LogP contribution in [0.25, 0.3) is 0 Å². The van der Waals surface area contributed by atoms with Gasteiger partial charge in [-0.3, -0.25) is 0 Å². The van der Waals surface area contributed by atoms with Crippen LogP contribution >= 0.6 is 39.0 Å². The molecule has 0 aliphatic carbocycles. The van der Waals surface area contributed by atoms with Gasteiger partial charge < -0.3 is 5.11 Å². The van der Waals surface area contributed by atoms with E-state index >= 15 is 0 Å². The second-order valence-electron chi connectivity index (χ2n) is 1.84. The number of carbonyl (C=O) groups is 1. The Morgan fingerprint density at radius 2 is 2.50 bits per heavy atom. The van der Waals surface area contributed by atoms with Gasteiger partial charge in [0.1, 0.15) is 9.90 Å². The Morgan fingerprint density at radius 3 is 3.00 bits per heavy atom. The molecule has 0 fully saturated rings. The fourth-order valence-corrected chi connectivity index (χ4v) is 2.96. The normalized spacial score (nSPS) is 10.2. The predicted octanol–water partition coefficient (Wildman–Crippen LogP) is 2.72. The Kier molecular flexibility index (Phi) is 3.54. The second kappa shape index (κ2) is 4.25. The first-order valence-electron chi connectivity index (χ1n) is 3.17. The first-order chi connectivity index (χ1) is 5.65. The summed E-state index contributed by atoms with van der Waals surface area (Å²) in [6, 6.07) is 0. The van der Waals surface area contributed by atoms with Gasteiger partial charge >= 0.3 is 5.97 Å². The highest BCUT2D eigenvalue weighted by molar-refractivity contribution is 9.11. The third kappa shape index (κ3) is 2.21. The third-order valence-electron chi connectivity index (χ3n) is 1.05. The zero-order valence-electron chi connectivity index (χ0n) is 6.20. The number of halogens is 1. The summed E-state index contributed by atoms with van der Waals surface area (Å²) in [7, 11) is 0. The smallest absolute Gasteiger partial charge is 0.348 e. The maximum absolute atomic E-state index is 10.6. The van der Waals surface area contributed by atoms with Crippen LogP contribution in [0, 0.1) is 0 Å². The lowest BCUT2D eigenvalue weighted by Gasteiger charge is -1.92. The average molecular weight is 268 g/mol. The first kappa shape index (κ1) is 10.0. The minimum atomic E-state index is -0.908. The number of hydrogen-bond acceptors (Lipinski definition) is 4. The maximum Gasteiger partial charge on any atom is 0.348 e. The van der Waals surface area contributed by atoms with Gasteiger partial charge in [0.05, 0.1) is 0 Å². The van der Waals surface area contributed by atoms with E-state index in [2.05, 4.69) is 20.9 Å². The van der Waals surface area contributed by atoms with Crippen LogP contribution in [0.15, 0.2) is 8.94 Å². The lowest BCUT2D eigenvalue weighted by atomic mass is 10.6. The van der Waals surface area contributed by atoms with Crippen LogP contribution in [0.2, 0.25) is 0 Å². The number of hydrogen-bond donors (Lipinski definition) is 1. The van der Waals surface area contributed by atoms with Gasteiger partial charge in [0, 0.05) is 0 Å². The molecule has 1 heterocycles. The highest BCUT2D eigenvalue weighted by Gasteiger charge is 2.15. The average Bonchev–Trinajstić information content (AvgIpc) is 2.32. The lowest BCUT2D eigenvalue weighted by molar-refractivity contribution is 0.0698. The molecule has 0 saturated carbocycles. The number of thiazole rings is 1. The molecule has 0 unspecified atom stereocenters. The number of aromatic carboxylic acids is 1. The van der Waals surface area contributed by atoms with E-state index in [1.807, 2.05) is 6.92 Å². The van der Waals surface area contributed by atoms with Crippen molar-refractivity contribution in [2.24, 2.45) is 0 Å². The van der Waals surface area contributed by atoms with Crippen molar-refractivity contribution in [3.8, 4) is 0 Å². The zero-order valence-corrected chi connectivity index (χ0v) is 9.42. The Labute approximate surface area is 86.3 Å².